The summed E-state index contributed by atoms with van der Waals surface area (Å²) in [6.45, 7) is 1.47. The molecule has 1 amide bonds. The predicted octanol–water partition coefficient (Wildman–Crippen LogP) is 1.04. The van der Waals surface area contributed by atoms with Gasteiger partial charge in [0, 0.05) is 5.56 Å². The molecule has 0 heterocycles. The molecule has 1 atom stereocenters. The van der Waals surface area contributed by atoms with Crippen LogP contribution >= 0.6 is 0 Å². The number of ether oxygens (including phenoxy) is 1. The lowest BCUT2D eigenvalue weighted by Gasteiger charge is -2.18. The van der Waals surface area contributed by atoms with Gasteiger partial charge in [-0.05, 0) is 49.9 Å². The number of carboxylic acids is 1. The van der Waals surface area contributed by atoms with Crippen LogP contribution in [0.5, 0.6) is 5.75 Å². The minimum absolute atomic E-state index is 0.360. The number of benzene rings is 1. The lowest BCUT2D eigenvalue weighted by atomic mass is 10.1. The van der Waals surface area contributed by atoms with Gasteiger partial charge in [-0.1, -0.05) is 0 Å². The van der Waals surface area contributed by atoms with Crippen LogP contribution in [0.1, 0.15) is 30.1 Å². The molecule has 2 rings (SSSR count). The highest BCUT2D eigenvalue weighted by Crippen LogP contribution is 2.29. The molecule has 1 fully saturated rings. The predicted molar refractivity (Wildman–Crippen MR) is 75.3 cm³/mol. The summed E-state index contributed by atoms with van der Waals surface area (Å²) in [4.78, 5) is 22.6. The first-order valence-electron chi connectivity index (χ1n) is 6.85. The van der Waals surface area contributed by atoms with Crippen molar-refractivity contribution in [3.63, 3.8) is 0 Å². The second-order valence-corrected chi connectivity index (χ2v) is 5.54. The fraction of sp³-hybridized carbons (Fsp3) is 0.467. The van der Waals surface area contributed by atoms with Gasteiger partial charge in [-0.15, -0.1) is 0 Å². The molecule has 0 radical (unpaired) electrons. The third-order valence-corrected chi connectivity index (χ3v) is 3.35. The number of rotatable bonds is 7. The van der Waals surface area contributed by atoms with Gasteiger partial charge in [0.2, 0.25) is 0 Å². The van der Waals surface area contributed by atoms with Gasteiger partial charge in [0.05, 0.1) is 13.2 Å². The van der Waals surface area contributed by atoms with Gasteiger partial charge in [0.25, 0.3) is 5.91 Å². The minimum Gasteiger partial charge on any atom is -0.493 e. The Morgan fingerprint density at radius 3 is 2.48 bits per heavy atom. The molecule has 0 spiro atoms. The molecule has 0 aromatic heterocycles. The van der Waals surface area contributed by atoms with Crippen molar-refractivity contribution in [3.05, 3.63) is 29.8 Å². The van der Waals surface area contributed by atoms with Crippen LogP contribution in [0.15, 0.2) is 24.3 Å². The van der Waals surface area contributed by atoms with E-state index in [1.807, 2.05) is 0 Å². The van der Waals surface area contributed by atoms with Crippen molar-refractivity contribution in [1.82, 2.24) is 5.32 Å². The summed E-state index contributed by atoms with van der Waals surface area (Å²) in [5.74, 6) is -0.459. The second-order valence-electron chi connectivity index (χ2n) is 5.54. The first-order chi connectivity index (χ1) is 9.88. The Hall–Kier alpha value is -2.08. The minimum atomic E-state index is -1.98. The maximum absolute atomic E-state index is 11.8. The number of carbonyl (C=O) groups excluding carboxylic acids is 1. The van der Waals surface area contributed by atoms with Crippen LogP contribution in [0.25, 0.3) is 0 Å². The Labute approximate surface area is 122 Å². The SMILES string of the molecule is CC(O)(CNC(=O)c1ccc(OCC2CC2)cc1)C(=O)O. The van der Waals surface area contributed by atoms with Gasteiger partial charge in [-0.3, -0.25) is 4.79 Å². The zero-order chi connectivity index (χ0) is 15.5. The van der Waals surface area contributed by atoms with Gasteiger partial charge in [0.15, 0.2) is 5.60 Å². The zero-order valence-electron chi connectivity index (χ0n) is 11.8. The molecule has 1 aliphatic rings. The molecule has 1 aliphatic carbocycles. The van der Waals surface area contributed by atoms with E-state index < -0.39 is 17.5 Å². The highest BCUT2D eigenvalue weighted by atomic mass is 16.5. The number of carboxylic acid groups (broad SMARTS) is 1. The normalized spacial score (nSPS) is 16.9. The number of hydrogen-bond acceptors (Lipinski definition) is 4. The molecule has 1 saturated carbocycles. The summed E-state index contributed by atoms with van der Waals surface area (Å²) in [6.07, 6.45) is 2.42. The van der Waals surface area contributed by atoms with Crippen LogP contribution in [0.2, 0.25) is 0 Å². The van der Waals surface area contributed by atoms with Gasteiger partial charge in [0.1, 0.15) is 5.75 Å². The zero-order valence-corrected chi connectivity index (χ0v) is 11.8. The second kappa shape index (κ2) is 6.13. The van der Waals surface area contributed by atoms with E-state index in [-0.39, 0.29) is 6.54 Å². The molecular formula is C15H19NO5. The molecule has 6 heteroatoms. The van der Waals surface area contributed by atoms with Crippen LogP contribution in [-0.4, -0.2) is 40.8 Å². The highest BCUT2D eigenvalue weighted by Gasteiger charge is 2.30. The summed E-state index contributed by atoms with van der Waals surface area (Å²) >= 11 is 0. The fourth-order valence-corrected chi connectivity index (χ4v) is 1.63. The highest BCUT2D eigenvalue weighted by molar-refractivity contribution is 5.94. The van der Waals surface area contributed by atoms with Crippen LogP contribution in [-0.2, 0) is 4.79 Å². The Morgan fingerprint density at radius 2 is 1.95 bits per heavy atom. The molecule has 21 heavy (non-hydrogen) atoms. The topological polar surface area (TPSA) is 95.9 Å². The fourth-order valence-electron chi connectivity index (χ4n) is 1.63. The van der Waals surface area contributed by atoms with Crippen molar-refractivity contribution in [3.8, 4) is 5.75 Å². The Kier molecular flexibility index (Phi) is 4.47. The molecule has 1 aromatic carbocycles. The summed E-state index contributed by atoms with van der Waals surface area (Å²) in [5.41, 5.74) is -1.60. The van der Waals surface area contributed by atoms with Crippen molar-refractivity contribution in [2.24, 2.45) is 5.92 Å². The van der Waals surface area contributed by atoms with E-state index in [1.54, 1.807) is 24.3 Å². The standard InChI is InChI=1S/C15H19NO5/c1-15(20,14(18)19)9-16-13(17)11-4-6-12(7-5-11)21-8-10-2-3-10/h4-7,10,20H,2-3,8-9H2,1H3,(H,16,17)(H,18,19). The van der Waals surface area contributed by atoms with E-state index in [2.05, 4.69) is 5.32 Å². The van der Waals surface area contributed by atoms with Gasteiger partial charge >= 0.3 is 5.97 Å². The first-order valence-corrected chi connectivity index (χ1v) is 6.85. The third-order valence-electron chi connectivity index (χ3n) is 3.35. The molecule has 1 aromatic rings. The van der Waals surface area contributed by atoms with Gasteiger partial charge in [-0.25, -0.2) is 4.79 Å². The van der Waals surface area contributed by atoms with E-state index >= 15 is 0 Å². The van der Waals surface area contributed by atoms with Crippen molar-refractivity contribution in [2.75, 3.05) is 13.2 Å². The average Bonchev–Trinajstić information content (AvgIpc) is 3.27. The monoisotopic (exact) mass is 293 g/mol. The van der Waals surface area contributed by atoms with Gasteiger partial charge in [-0.2, -0.15) is 0 Å². The van der Waals surface area contributed by atoms with Crippen molar-refractivity contribution < 1.29 is 24.5 Å². The lowest BCUT2D eigenvalue weighted by Crippen LogP contribution is -2.46. The largest absolute Gasteiger partial charge is 0.493 e. The summed E-state index contributed by atoms with van der Waals surface area (Å²) < 4.78 is 5.56. The van der Waals surface area contributed by atoms with Crippen LogP contribution in [0.4, 0.5) is 0 Å². The maximum Gasteiger partial charge on any atom is 0.337 e. The first kappa shape index (κ1) is 15.3. The van der Waals surface area contributed by atoms with Gasteiger partial charge < -0.3 is 20.3 Å². The molecule has 114 valence electrons. The lowest BCUT2D eigenvalue weighted by molar-refractivity contribution is -0.155. The Bertz CT molecular complexity index is 519. The van der Waals surface area contributed by atoms with Crippen molar-refractivity contribution in [2.45, 2.75) is 25.4 Å². The number of aliphatic hydroxyl groups is 1. The Morgan fingerprint density at radius 1 is 1.33 bits per heavy atom. The average molecular weight is 293 g/mol. The number of aliphatic carboxylic acids is 1. The molecule has 0 saturated heterocycles. The summed E-state index contributed by atoms with van der Waals surface area (Å²) in [7, 11) is 0. The van der Waals surface area contributed by atoms with Crippen LogP contribution in [0, 0.1) is 5.92 Å². The quantitative estimate of drug-likeness (QED) is 0.698. The molecule has 3 N–H and O–H groups in total. The summed E-state index contributed by atoms with van der Waals surface area (Å²) in [5, 5.41) is 20.7. The Balaban J connectivity index is 1.85. The maximum atomic E-state index is 11.8. The number of nitrogens with one attached hydrogen (secondary N) is 1. The van der Waals surface area contributed by atoms with Crippen LogP contribution < -0.4 is 10.1 Å². The summed E-state index contributed by atoms with van der Waals surface area (Å²) in [6, 6.07) is 6.61. The number of hydrogen-bond donors (Lipinski definition) is 3. The van der Waals surface area contributed by atoms with E-state index in [9.17, 15) is 14.7 Å². The third kappa shape index (κ3) is 4.46. The van der Waals surface area contributed by atoms with E-state index in [0.29, 0.717) is 23.8 Å². The smallest absolute Gasteiger partial charge is 0.337 e. The van der Waals surface area contributed by atoms with E-state index in [1.165, 1.54) is 12.8 Å². The van der Waals surface area contributed by atoms with Crippen molar-refractivity contribution >= 4 is 11.9 Å². The molecule has 1 unspecified atom stereocenters. The van der Waals surface area contributed by atoms with Crippen molar-refractivity contribution in [1.29, 1.82) is 0 Å². The number of carbonyl (C=O) groups is 2. The molecule has 0 bridgehead atoms. The van der Waals surface area contributed by atoms with Crippen LogP contribution in [0.3, 0.4) is 0 Å². The van der Waals surface area contributed by atoms with E-state index in [4.69, 9.17) is 9.84 Å². The van der Waals surface area contributed by atoms with E-state index in [0.717, 1.165) is 6.92 Å². The number of amides is 1. The molecule has 6 nitrogen and oxygen atoms in total. The molecular weight excluding hydrogens is 274 g/mol. The molecule has 0 aliphatic heterocycles.